The second-order valence-electron chi connectivity index (χ2n) is 4.94. The van der Waals surface area contributed by atoms with E-state index in [4.69, 9.17) is 4.74 Å². The van der Waals surface area contributed by atoms with Crippen molar-refractivity contribution in [2.45, 2.75) is 58.7 Å². The largest absolute Gasteiger partial charge is 0.375 e. The molecule has 1 saturated heterocycles. The molecule has 1 aliphatic heterocycles. The average molecular weight is 242 g/mol. The summed E-state index contributed by atoms with van der Waals surface area (Å²) in [5.41, 5.74) is 0. The van der Waals surface area contributed by atoms with Gasteiger partial charge in [-0.3, -0.25) is 4.79 Å². The summed E-state index contributed by atoms with van der Waals surface area (Å²) in [6.45, 7) is 10.2. The second-order valence-corrected chi connectivity index (χ2v) is 4.94. The van der Waals surface area contributed by atoms with Crippen LogP contribution in [0, 0.1) is 0 Å². The summed E-state index contributed by atoms with van der Waals surface area (Å²) >= 11 is 0. The van der Waals surface area contributed by atoms with Gasteiger partial charge in [0, 0.05) is 12.6 Å². The first-order valence-electron chi connectivity index (χ1n) is 6.72. The molecule has 0 bridgehead atoms. The topological polar surface area (TPSA) is 41.6 Å². The van der Waals surface area contributed by atoms with E-state index in [9.17, 15) is 4.79 Å². The van der Waals surface area contributed by atoms with Gasteiger partial charge in [-0.1, -0.05) is 13.8 Å². The Hall–Kier alpha value is -0.610. The van der Waals surface area contributed by atoms with Crippen molar-refractivity contribution in [2.24, 2.45) is 0 Å². The fourth-order valence-corrected chi connectivity index (χ4v) is 2.00. The highest BCUT2D eigenvalue weighted by molar-refractivity contribution is 5.78. The molecule has 0 aliphatic carbocycles. The minimum absolute atomic E-state index is 0.158. The summed E-state index contributed by atoms with van der Waals surface area (Å²) in [5, 5.41) is 3.26. The number of hydrogen-bond donors (Lipinski definition) is 1. The van der Waals surface area contributed by atoms with Crippen LogP contribution in [0.25, 0.3) is 0 Å². The fraction of sp³-hybridized carbons (Fsp3) is 0.923. The van der Waals surface area contributed by atoms with Crippen molar-refractivity contribution >= 4 is 5.91 Å². The highest BCUT2D eigenvalue weighted by Gasteiger charge is 2.28. The molecule has 0 saturated carbocycles. The lowest BCUT2D eigenvalue weighted by Gasteiger charge is -2.38. The van der Waals surface area contributed by atoms with Crippen molar-refractivity contribution in [2.75, 3.05) is 19.7 Å². The zero-order chi connectivity index (χ0) is 12.8. The third-order valence-electron chi connectivity index (χ3n) is 3.47. The molecule has 3 atom stereocenters. The molecule has 100 valence electrons. The Morgan fingerprint density at radius 3 is 2.82 bits per heavy atom. The monoisotopic (exact) mass is 242 g/mol. The zero-order valence-electron chi connectivity index (χ0n) is 11.5. The third-order valence-corrected chi connectivity index (χ3v) is 3.47. The molecule has 1 heterocycles. The smallest absolute Gasteiger partial charge is 0.236 e. The van der Waals surface area contributed by atoms with Crippen molar-refractivity contribution in [3.05, 3.63) is 0 Å². The Balaban J connectivity index is 2.46. The predicted molar refractivity (Wildman–Crippen MR) is 69.0 cm³/mol. The summed E-state index contributed by atoms with van der Waals surface area (Å²) in [4.78, 5) is 14.1. The molecule has 4 nitrogen and oxygen atoms in total. The first-order chi connectivity index (χ1) is 8.08. The van der Waals surface area contributed by atoms with Crippen LogP contribution in [0.15, 0.2) is 0 Å². The lowest BCUT2D eigenvalue weighted by Crippen LogP contribution is -2.54. The molecule has 1 rings (SSSR count). The third kappa shape index (κ3) is 4.28. The zero-order valence-corrected chi connectivity index (χ0v) is 11.5. The number of carbonyl (C=O) groups excluding carboxylic acids is 1. The van der Waals surface area contributed by atoms with Crippen LogP contribution in [-0.4, -0.2) is 48.7 Å². The van der Waals surface area contributed by atoms with Crippen molar-refractivity contribution in [1.29, 1.82) is 0 Å². The Labute approximate surface area is 105 Å². The molecular formula is C13H26N2O2. The Morgan fingerprint density at radius 1 is 1.53 bits per heavy atom. The van der Waals surface area contributed by atoms with Gasteiger partial charge in [0.15, 0.2) is 0 Å². The molecule has 0 radical (unpaired) electrons. The number of nitrogens with zero attached hydrogens (tertiary/aromatic N) is 1. The van der Waals surface area contributed by atoms with E-state index in [-0.39, 0.29) is 18.1 Å². The van der Waals surface area contributed by atoms with Crippen LogP contribution in [-0.2, 0) is 9.53 Å². The number of amides is 1. The van der Waals surface area contributed by atoms with E-state index < -0.39 is 0 Å². The Kier molecular flexibility index (Phi) is 5.92. The summed E-state index contributed by atoms with van der Waals surface area (Å²) in [7, 11) is 0. The van der Waals surface area contributed by atoms with Gasteiger partial charge in [0.25, 0.3) is 0 Å². The lowest BCUT2D eigenvalue weighted by molar-refractivity contribution is -0.143. The second kappa shape index (κ2) is 6.97. The number of rotatable bonds is 5. The van der Waals surface area contributed by atoms with Gasteiger partial charge in [-0.05, 0) is 26.7 Å². The first kappa shape index (κ1) is 14.5. The summed E-state index contributed by atoms with van der Waals surface area (Å²) in [5.74, 6) is 0.201. The maximum atomic E-state index is 12.1. The van der Waals surface area contributed by atoms with E-state index in [0.29, 0.717) is 19.2 Å². The Morgan fingerprint density at radius 2 is 2.24 bits per heavy atom. The summed E-state index contributed by atoms with van der Waals surface area (Å²) in [6.07, 6.45) is 2.16. The van der Waals surface area contributed by atoms with Gasteiger partial charge in [0.05, 0.1) is 25.3 Å². The van der Waals surface area contributed by atoms with Crippen molar-refractivity contribution in [3.63, 3.8) is 0 Å². The van der Waals surface area contributed by atoms with Crippen LogP contribution in [0.4, 0.5) is 0 Å². The minimum Gasteiger partial charge on any atom is -0.375 e. The first-order valence-corrected chi connectivity index (χ1v) is 6.72. The standard InChI is InChI=1S/C13H26N2O2/c1-5-10(3)14-7-13(16)15-8-11(4)17-9-12(15)6-2/h10-12,14H,5-9H2,1-4H3. The average Bonchev–Trinajstić information content (AvgIpc) is 2.35. The van der Waals surface area contributed by atoms with Crippen LogP contribution < -0.4 is 5.32 Å². The van der Waals surface area contributed by atoms with E-state index in [1.807, 2.05) is 11.8 Å². The molecule has 0 aromatic heterocycles. The Bertz CT molecular complexity index is 246. The number of hydrogen-bond acceptors (Lipinski definition) is 3. The number of ether oxygens (including phenoxy) is 1. The van der Waals surface area contributed by atoms with E-state index in [1.165, 1.54) is 0 Å². The molecule has 0 aromatic carbocycles. The molecule has 1 amide bonds. The van der Waals surface area contributed by atoms with Gasteiger partial charge < -0.3 is 15.0 Å². The van der Waals surface area contributed by atoms with Crippen LogP contribution in [0.1, 0.15) is 40.5 Å². The van der Waals surface area contributed by atoms with E-state index >= 15 is 0 Å². The molecular weight excluding hydrogens is 216 g/mol. The quantitative estimate of drug-likeness (QED) is 0.792. The normalized spacial score (nSPS) is 26.9. The highest BCUT2D eigenvalue weighted by atomic mass is 16.5. The van der Waals surface area contributed by atoms with Crippen LogP contribution in [0.5, 0.6) is 0 Å². The van der Waals surface area contributed by atoms with Gasteiger partial charge in [0.2, 0.25) is 5.91 Å². The summed E-state index contributed by atoms with van der Waals surface area (Å²) < 4.78 is 5.59. The van der Waals surface area contributed by atoms with E-state index in [0.717, 1.165) is 19.4 Å². The van der Waals surface area contributed by atoms with Gasteiger partial charge in [-0.15, -0.1) is 0 Å². The van der Waals surface area contributed by atoms with Crippen molar-refractivity contribution in [1.82, 2.24) is 10.2 Å². The molecule has 4 heteroatoms. The van der Waals surface area contributed by atoms with Crippen molar-refractivity contribution in [3.8, 4) is 0 Å². The fourth-order valence-electron chi connectivity index (χ4n) is 2.00. The van der Waals surface area contributed by atoms with Gasteiger partial charge in [-0.25, -0.2) is 0 Å². The van der Waals surface area contributed by atoms with Crippen LogP contribution in [0.2, 0.25) is 0 Å². The number of nitrogens with one attached hydrogen (secondary N) is 1. The summed E-state index contributed by atoms with van der Waals surface area (Å²) in [6, 6.07) is 0.648. The predicted octanol–water partition coefficient (Wildman–Crippen LogP) is 1.40. The maximum Gasteiger partial charge on any atom is 0.236 e. The SMILES string of the molecule is CCC(C)NCC(=O)N1CC(C)OCC1CC. The van der Waals surface area contributed by atoms with Gasteiger partial charge >= 0.3 is 0 Å². The highest BCUT2D eigenvalue weighted by Crippen LogP contribution is 2.14. The van der Waals surface area contributed by atoms with Gasteiger partial charge in [0.1, 0.15) is 0 Å². The number of carbonyl (C=O) groups is 1. The molecule has 1 fully saturated rings. The van der Waals surface area contributed by atoms with E-state index in [2.05, 4.69) is 26.1 Å². The van der Waals surface area contributed by atoms with Crippen molar-refractivity contribution < 1.29 is 9.53 Å². The molecule has 0 spiro atoms. The number of morpholine rings is 1. The molecule has 0 aromatic rings. The van der Waals surface area contributed by atoms with Crippen LogP contribution in [0.3, 0.4) is 0 Å². The maximum absolute atomic E-state index is 12.1. The molecule has 1 aliphatic rings. The van der Waals surface area contributed by atoms with Gasteiger partial charge in [-0.2, -0.15) is 0 Å². The lowest BCUT2D eigenvalue weighted by atomic mass is 10.1. The minimum atomic E-state index is 0.158. The van der Waals surface area contributed by atoms with Crippen LogP contribution >= 0.6 is 0 Å². The molecule has 1 N–H and O–H groups in total. The molecule has 17 heavy (non-hydrogen) atoms. The van der Waals surface area contributed by atoms with E-state index in [1.54, 1.807) is 0 Å². The molecule has 3 unspecified atom stereocenters.